The predicted octanol–water partition coefficient (Wildman–Crippen LogP) is 1.06. The van der Waals surface area contributed by atoms with Crippen molar-refractivity contribution in [3.8, 4) is 0 Å². The Kier molecular flexibility index (Phi) is 2.41. The van der Waals surface area contributed by atoms with Gasteiger partial charge in [-0.05, 0) is 6.42 Å². The molecular weight excluding hydrogens is 224 g/mol. The number of carbonyl (C=O) groups is 2. The van der Waals surface area contributed by atoms with Crippen molar-refractivity contribution in [3.63, 3.8) is 0 Å². The van der Waals surface area contributed by atoms with Gasteiger partial charge in [0, 0.05) is 0 Å². The first kappa shape index (κ1) is 11.7. The van der Waals surface area contributed by atoms with Crippen LogP contribution in [-0.2, 0) is 9.59 Å². The van der Waals surface area contributed by atoms with Gasteiger partial charge in [-0.25, -0.2) is 0 Å². The van der Waals surface area contributed by atoms with E-state index < -0.39 is 42.0 Å². The zero-order valence-electron chi connectivity index (χ0n) is 7.08. The quantitative estimate of drug-likeness (QED) is 0.695. The van der Waals surface area contributed by atoms with Crippen molar-refractivity contribution in [2.75, 3.05) is 0 Å². The van der Waals surface area contributed by atoms with Crippen molar-refractivity contribution in [3.05, 3.63) is 0 Å². The lowest BCUT2D eigenvalue weighted by molar-refractivity contribution is -0.226. The number of alkyl halides is 4. The Balaban J connectivity index is 3.15. The Morgan fingerprint density at radius 1 is 0.933 bits per heavy atom. The summed E-state index contributed by atoms with van der Waals surface area (Å²) in [6.45, 7) is 0. The minimum Gasteiger partial charge on any atom is -0.481 e. The Morgan fingerprint density at radius 2 is 1.20 bits per heavy atom. The van der Waals surface area contributed by atoms with Gasteiger partial charge in [-0.15, -0.1) is 0 Å². The van der Waals surface area contributed by atoms with E-state index in [2.05, 4.69) is 0 Å². The van der Waals surface area contributed by atoms with Crippen molar-refractivity contribution < 1.29 is 37.4 Å². The molecule has 1 aliphatic rings. The van der Waals surface area contributed by atoms with E-state index in [9.17, 15) is 27.2 Å². The summed E-state index contributed by atoms with van der Waals surface area (Å²) in [5.41, 5.74) is 0. The standard InChI is InChI=1S/C7H6F4O4/c8-6(9)2(4(12)13)1-3(5(14)15)7(6,10)11/h2-3H,1H2,(H,12,13)(H,14,15). The monoisotopic (exact) mass is 230 g/mol. The summed E-state index contributed by atoms with van der Waals surface area (Å²) in [5.74, 6) is -19.2. The molecule has 0 spiro atoms. The number of carboxylic acid groups (broad SMARTS) is 2. The zero-order chi connectivity index (χ0) is 12.0. The maximum atomic E-state index is 12.9. The molecule has 15 heavy (non-hydrogen) atoms. The van der Waals surface area contributed by atoms with Crippen LogP contribution < -0.4 is 0 Å². The van der Waals surface area contributed by atoms with Crippen molar-refractivity contribution in [1.82, 2.24) is 0 Å². The predicted molar refractivity (Wildman–Crippen MR) is 36.8 cm³/mol. The van der Waals surface area contributed by atoms with Gasteiger partial charge in [0.2, 0.25) is 0 Å². The van der Waals surface area contributed by atoms with Crippen LogP contribution in [0, 0.1) is 11.8 Å². The maximum absolute atomic E-state index is 12.9. The van der Waals surface area contributed by atoms with E-state index in [1.807, 2.05) is 0 Å². The lowest BCUT2D eigenvalue weighted by Crippen LogP contribution is -2.46. The van der Waals surface area contributed by atoms with Crippen LogP contribution in [0.15, 0.2) is 0 Å². The zero-order valence-corrected chi connectivity index (χ0v) is 7.08. The molecule has 1 fully saturated rings. The molecule has 0 amide bonds. The molecule has 1 aliphatic carbocycles. The molecular formula is C7H6F4O4. The molecule has 2 N–H and O–H groups in total. The molecule has 4 nitrogen and oxygen atoms in total. The average molecular weight is 230 g/mol. The number of hydrogen-bond donors (Lipinski definition) is 2. The summed E-state index contributed by atoms with van der Waals surface area (Å²) in [6, 6.07) is 0. The van der Waals surface area contributed by atoms with E-state index in [1.54, 1.807) is 0 Å². The number of hydrogen-bond acceptors (Lipinski definition) is 2. The van der Waals surface area contributed by atoms with Gasteiger partial charge >= 0.3 is 23.8 Å². The Morgan fingerprint density at radius 3 is 1.33 bits per heavy atom. The van der Waals surface area contributed by atoms with E-state index in [0.717, 1.165) is 0 Å². The van der Waals surface area contributed by atoms with E-state index in [1.165, 1.54) is 0 Å². The highest BCUT2D eigenvalue weighted by Gasteiger charge is 2.74. The molecule has 1 saturated carbocycles. The van der Waals surface area contributed by atoms with Gasteiger partial charge in [-0.2, -0.15) is 17.6 Å². The third-order valence-electron chi connectivity index (χ3n) is 2.39. The maximum Gasteiger partial charge on any atom is 0.324 e. The first-order chi connectivity index (χ1) is 6.62. The molecule has 2 unspecified atom stereocenters. The highest BCUT2D eigenvalue weighted by Crippen LogP contribution is 2.54. The molecule has 0 aromatic heterocycles. The first-order valence-corrected chi connectivity index (χ1v) is 3.83. The van der Waals surface area contributed by atoms with Crippen molar-refractivity contribution >= 4 is 11.9 Å². The average Bonchev–Trinajstić information content (AvgIpc) is 2.19. The van der Waals surface area contributed by atoms with Gasteiger partial charge in [0.25, 0.3) is 0 Å². The normalized spacial score (nSPS) is 32.5. The van der Waals surface area contributed by atoms with Gasteiger partial charge in [0.1, 0.15) is 11.8 Å². The van der Waals surface area contributed by atoms with Crippen molar-refractivity contribution in [1.29, 1.82) is 0 Å². The fraction of sp³-hybridized carbons (Fsp3) is 0.714. The van der Waals surface area contributed by atoms with Crippen LogP contribution in [0.25, 0.3) is 0 Å². The summed E-state index contributed by atoms with van der Waals surface area (Å²) in [7, 11) is 0. The van der Waals surface area contributed by atoms with Crippen molar-refractivity contribution in [2.45, 2.75) is 18.3 Å². The van der Waals surface area contributed by atoms with Gasteiger partial charge in [-0.3, -0.25) is 9.59 Å². The second-order valence-corrected chi connectivity index (χ2v) is 3.26. The van der Waals surface area contributed by atoms with E-state index in [-0.39, 0.29) is 0 Å². The molecule has 0 heterocycles. The van der Waals surface area contributed by atoms with Crippen LogP contribution in [0.2, 0.25) is 0 Å². The molecule has 86 valence electrons. The van der Waals surface area contributed by atoms with Crippen LogP contribution in [0.4, 0.5) is 17.6 Å². The van der Waals surface area contributed by atoms with Gasteiger partial charge < -0.3 is 10.2 Å². The number of aliphatic carboxylic acids is 2. The van der Waals surface area contributed by atoms with E-state index in [4.69, 9.17) is 10.2 Å². The summed E-state index contributed by atoms with van der Waals surface area (Å²) in [5, 5.41) is 16.5. The molecule has 0 radical (unpaired) electrons. The van der Waals surface area contributed by atoms with Gasteiger partial charge in [0.05, 0.1) is 0 Å². The molecule has 0 aromatic carbocycles. The van der Waals surface area contributed by atoms with Crippen LogP contribution >= 0.6 is 0 Å². The molecule has 0 aliphatic heterocycles. The van der Waals surface area contributed by atoms with Crippen LogP contribution in [0.5, 0.6) is 0 Å². The van der Waals surface area contributed by atoms with Crippen LogP contribution in [0.3, 0.4) is 0 Å². The molecule has 2 atom stereocenters. The molecule has 0 aromatic rings. The highest BCUT2D eigenvalue weighted by atomic mass is 19.3. The molecule has 8 heteroatoms. The first-order valence-electron chi connectivity index (χ1n) is 3.83. The fourth-order valence-electron chi connectivity index (χ4n) is 1.51. The minimum absolute atomic E-state index is 1.27. The highest BCUT2D eigenvalue weighted by molar-refractivity contribution is 5.78. The lowest BCUT2D eigenvalue weighted by Gasteiger charge is -2.23. The molecule has 0 bridgehead atoms. The SMILES string of the molecule is O=C(O)C1CC(C(=O)O)C(F)(F)C1(F)F. The number of rotatable bonds is 2. The number of carboxylic acids is 2. The second-order valence-electron chi connectivity index (χ2n) is 3.26. The summed E-state index contributed by atoms with van der Waals surface area (Å²) in [6.07, 6.45) is -1.27. The van der Waals surface area contributed by atoms with Crippen molar-refractivity contribution in [2.24, 2.45) is 11.8 Å². The Hall–Kier alpha value is -1.34. The summed E-state index contributed by atoms with van der Waals surface area (Å²) in [4.78, 5) is 20.5. The van der Waals surface area contributed by atoms with Gasteiger partial charge in [-0.1, -0.05) is 0 Å². The van der Waals surface area contributed by atoms with E-state index >= 15 is 0 Å². The summed E-state index contributed by atoms with van der Waals surface area (Å²) >= 11 is 0. The molecule has 0 saturated heterocycles. The third kappa shape index (κ3) is 1.44. The molecule has 1 rings (SSSR count). The van der Waals surface area contributed by atoms with E-state index in [0.29, 0.717) is 0 Å². The summed E-state index contributed by atoms with van der Waals surface area (Å²) < 4.78 is 51.4. The second kappa shape index (κ2) is 3.07. The van der Waals surface area contributed by atoms with Crippen LogP contribution in [-0.4, -0.2) is 34.0 Å². The Labute approximate surface area is 80.5 Å². The topological polar surface area (TPSA) is 74.6 Å². The number of halogens is 4. The Bertz CT molecular complexity index is 284. The lowest BCUT2D eigenvalue weighted by atomic mass is 10.0. The minimum atomic E-state index is -4.83. The largest absolute Gasteiger partial charge is 0.481 e. The third-order valence-corrected chi connectivity index (χ3v) is 2.39. The van der Waals surface area contributed by atoms with Crippen LogP contribution in [0.1, 0.15) is 6.42 Å². The van der Waals surface area contributed by atoms with Gasteiger partial charge in [0.15, 0.2) is 0 Å². The smallest absolute Gasteiger partial charge is 0.324 e. The fourth-order valence-corrected chi connectivity index (χ4v) is 1.51.